The second kappa shape index (κ2) is 9.09. The molecule has 0 aromatic carbocycles. The highest BCUT2D eigenvalue weighted by Gasteiger charge is 2.18. The molecule has 0 aliphatic rings. The molecule has 0 saturated carbocycles. The fraction of sp³-hybridized carbons (Fsp3) is 0.889. The summed E-state index contributed by atoms with van der Waals surface area (Å²) in [5, 5.41) is 0. The van der Waals surface area contributed by atoms with Crippen LogP contribution in [0.1, 0.15) is 26.2 Å². The van der Waals surface area contributed by atoms with Crippen LogP contribution < -0.4 is 0 Å². The average Bonchev–Trinajstić information content (AvgIpc) is 2.19. The fourth-order valence-electron chi connectivity index (χ4n) is 1.40. The smallest absolute Gasteiger partial charge is 0.323 e. The lowest BCUT2D eigenvalue weighted by Crippen LogP contribution is -2.24. The molecule has 5 heteroatoms. The molecule has 4 nitrogen and oxygen atoms in total. The van der Waals surface area contributed by atoms with Crippen LogP contribution in [0.25, 0.3) is 0 Å². The van der Waals surface area contributed by atoms with Crippen LogP contribution in [-0.2, 0) is 13.6 Å². The summed E-state index contributed by atoms with van der Waals surface area (Å²) in [5.41, 5.74) is 0.505. The van der Waals surface area contributed by atoms with E-state index in [2.05, 4.69) is 11.9 Å². The number of carbonyl (C=O) groups excluding carboxylic acids is 1. The molecule has 0 aliphatic heterocycles. The normalized spacial score (nSPS) is 12.6. The molecule has 0 aliphatic carbocycles. The second-order valence-electron chi connectivity index (χ2n) is 3.29. The van der Waals surface area contributed by atoms with E-state index in [-0.39, 0.29) is 0 Å². The topological polar surface area (TPSA) is 47.9 Å². The van der Waals surface area contributed by atoms with E-state index in [0.29, 0.717) is 12.1 Å². The van der Waals surface area contributed by atoms with Gasteiger partial charge in [-0.2, -0.15) is 0 Å². The van der Waals surface area contributed by atoms with Crippen LogP contribution in [0.3, 0.4) is 0 Å². The Hall–Kier alpha value is -0.483. The van der Waals surface area contributed by atoms with Gasteiger partial charge in [0.15, 0.2) is 0 Å². The zero-order valence-electron chi connectivity index (χ0n) is 9.16. The maximum absolute atomic E-state index is 9.78. The molecular weight excluding hydrogens is 198 g/mol. The van der Waals surface area contributed by atoms with E-state index in [1.807, 2.05) is 0 Å². The van der Waals surface area contributed by atoms with Gasteiger partial charge in [-0.3, -0.25) is 0 Å². The first-order chi connectivity index (χ1) is 6.76. The Morgan fingerprint density at radius 2 is 2.00 bits per heavy atom. The molecule has 0 N–H and O–H groups in total. The summed E-state index contributed by atoms with van der Waals surface area (Å²) in [7, 11) is 1.95. The van der Waals surface area contributed by atoms with Crippen LogP contribution in [0.5, 0.6) is 0 Å². The van der Waals surface area contributed by atoms with Crippen molar-refractivity contribution < 1.29 is 13.6 Å². The van der Waals surface area contributed by atoms with Gasteiger partial charge in [-0.05, 0) is 18.4 Å². The molecule has 0 spiro atoms. The predicted molar refractivity (Wildman–Crippen MR) is 57.4 cm³/mol. The van der Waals surface area contributed by atoms with E-state index >= 15 is 0 Å². The van der Waals surface area contributed by atoms with Crippen LogP contribution >= 0.6 is 0 Å². The number of nitrogens with zero attached hydrogens (tertiary/aromatic N) is 1. The van der Waals surface area contributed by atoms with Crippen molar-refractivity contribution in [3.63, 3.8) is 0 Å². The molecule has 82 valence electrons. The summed E-state index contributed by atoms with van der Waals surface area (Å²) < 4.78 is 10.5. The molecule has 1 atom stereocenters. The van der Waals surface area contributed by atoms with Crippen molar-refractivity contribution in [1.29, 1.82) is 0 Å². The molecule has 0 aromatic rings. The molecule has 0 radical (unpaired) electrons. The van der Waals surface area contributed by atoms with E-state index in [1.54, 1.807) is 14.2 Å². The summed E-state index contributed by atoms with van der Waals surface area (Å²) in [6.07, 6.45) is 4.61. The van der Waals surface area contributed by atoms with Crippen molar-refractivity contribution in [1.82, 2.24) is 0 Å². The lowest BCUT2D eigenvalue weighted by atomic mass is 10.2. The summed E-state index contributed by atoms with van der Waals surface area (Å²) in [4.78, 5) is 13.3. The van der Waals surface area contributed by atoms with Gasteiger partial charge in [0.25, 0.3) is 0 Å². The number of rotatable bonds is 8. The van der Waals surface area contributed by atoms with E-state index in [4.69, 9.17) is 8.85 Å². The first-order valence-corrected chi connectivity index (χ1v) is 6.46. The largest absolute Gasteiger partial charge is 0.400 e. The Bertz CT molecular complexity index is 179. The first kappa shape index (κ1) is 13.5. The van der Waals surface area contributed by atoms with E-state index in [9.17, 15) is 4.79 Å². The third kappa shape index (κ3) is 6.04. The predicted octanol–water partition coefficient (Wildman–Crippen LogP) is 1.40. The summed E-state index contributed by atoms with van der Waals surface area (Å²) in [6, 6.07) is 0. The highest BCUT2D eigenvalue weighted by molar-refractivity contribution is 6.46. The van der Waals surface area contributed by atoms with Gasteiger partial charge >= 0.3 is 9.28 Å². The molecular formula is C9H19NO3Si. The van der Waals surface area contributed by atoms with Gasteiger partial charge in [0, 0.05) is 14.2 Å². The lowest BCUT2D eigenvalue weighted by Gasteiger charge is -2.18. The monoisotopic (exact) mass is 217 g/mol. The van der Waals surface area contributed by atoms with Crippen molar-refractivity contribution in [2.45, 2.75) is 31.7 Å². The maximum Gasteiger partial charge on any atom is 0.323 e. The van der Waals surface area contributed by atoms with Gasteiger partial charge < -0.3 is 8.85 Å². The van der Waals surface area contributed by atoms with E-state index in [1.165, 1.54) is 6.08 Å². The Kier molecular flexibility index (Phi) is 8.77. The molecule has 0 saturated heterocycles. The zero-order valence-corrected chi connectivity index (χ0v) is 10.3. The van der Waals surface area contributed by atoms with Crippen molar-refractivity contribution in [3.05, 3.63) is 0 Å². The van der Waals surface area contributed by atoms with Crippen LogP contribution in [0.2, 0.25) is 5.54 Å². The Morgan fingerprint density at radius 1 is 1.36 bits per heavy atom. The SMILES string of the molecule is CO[SiH](OC)C(C)CCCCN=C=O. The molecule has 1 unspecified atom stereocenters. The Balaban J connectivity index is 3.51. The summed E-state index contributed by atoms with van der Waals surface area (Å²) in [6.45, 7) is 2.73. The Labute approximate surface area is 87.2 Å². The van der Waals surface area contributed by atoms with Crippen molar-refractivity contribution >= 4 is 15.4 Å². The van der Waals surface area contributed by atoms with E-state index < -0.39 is 9.28 Å². The molecule has 0 heterocycles. The highest BCUT2D eigenvalue weighted by atomic mass is 28.3. The number of isocyanates is 1. The summed E-state index contributed by atoms with van der Waals surface area (Å²) in [5.74, 6) is 0. The minimum atomic E-state index is -1.45. The molecule has 0 amide bonds. The minimum absolute atomic E-state index is 0.505. The minimum Gasteiger partial charge on any atom is -0.400 e. The number of hydrogen-bond donors (Lipinski definition) is 0. The summed E-state index contributed by atoms with van der Waals surface area (Å²) >= 11 is 0. The van der Waals surface area contributed by atoms with Crippen molar-refractivity contribution in [3.8, 4) is 0 Å². The molecule has 0 fully saturated rings. The van der Waals surface area contributed by atoms with Gasteiger partial charge in [0.2, 0.25) is 6.08 Å². The standard InChI is InChI=1S/C9H19NO3Si/c1-9(14(12-2)13-3)6-4-5-7-10-8-11/h9,14H,4-7H2,1-3H3. The van der Waals surface area contributed by atoms with Crippen LogP contribution in [0.15, 0.2) is 4.99 Å². The van der Waals surface area contributed by atoms with Crippen LogP contribution in [0, 0.1) is 0 Å². The molecule has 14 heavy (non-hydrogen) atoms. The first-order valence-electron chi connectivity index (χ1n) is 4.85. The zero-order chi connectivity index (χ0) is 10.8. The average molecular weight is 217 g/mol. The van der Waals surface area contributed by atoms with Crippen molar-refractivity contribution in [2.75, 3.05) is 20.8 Å². The van der Waals surface area contributed by atoms with Gasteiger partial charge in [-0.15, -0.1) is 0 Å². The quantitative estimate of drug-likeness (QED) is 0.267. The highest BCUT2D eigenvalue weighted by Crippen LogP contribution is 2.18. The number of hydrogen-bond acceptors (Lipinski definition) is 4. The molecule has 0 rings (SSSR count). The number of unbranched alkanes of at least 4 members (excludes halogenated alkanes) is 1. The second-order valence-corrected chi connectivity index (χ2v) is 6.10. The van der Waals surface area contributed by atoms with Gasteiger partial charge in [-0.25, -0.2) is 9.79 Å². The maximum atomic E-state index is 9.78. The molecule has 0 bridgehead atoms. The van der Waals surface area contributed by atoms with Gasteiger partial charge in [0.1, 0.15) is 0 Å². The van der Waals surface area contributed by atoms with Crippen LogP contribution in [0.4, 0.5) is 0 Å². The van der Waals surface area contributed by atoms with Gasteiger partial charge in [0.05, 0.1) is 6.54 Å². The van der Waals surface area contributed by atoms with E-state index in [0.717, 1.165) is 19.3 Å². The lowest BCUT2D eigenvalue weighted by molar-refractivity contribution is 0.264. The Morgan fingerprint density at radius 3 is 2.50 bits per heavy atom. The third-order valence-electron chi connectivity index (χ3n) is 2.17. The number of aliphatic imine (C=N–C) groups is 1. The van der Waals surface area contributed by atoms with Crippen LogP contribution in [-0.4, -0.2) is 36.1 Å². The third-order valence-corrected chi connectivity index (χ3v) is 4.36. The van der Waals surface area contributed by atoms with Gasteiger partial charge in [-0.1, -0.05) is 13.3 Å². The molecule has 0 aromatic heterocycles. The van der Waals surface area contributed by atoms with Crippen molar-refractivity contribution in [2.24, 2.45) is 4.99 Å². The fourth-order valence-corrected chi connectivity index (χ4v) is 3.03.